The maximum Gasteiger partial charge on any atom is 0.242 e. The van der Waals surface area contributed by atoms with Crippen molar-refractivity contribution >= 4 is 10.0 Å². The van der Waals surface area contributed by atoms with Crippen LogP contribution in [0.1, 0.15) is 18.4 Å². The first-order valence-corrected chi connectivity index (χ1v) is 8.08. The zero-order valence-electron chi connectivity index (χ0n) is 11.8. The minimum absolute atomic E-state index is 0.0265. The molecule has 2 rings (SSSR count). The summed E-state index contributed by atoms with van der Waals surface area (Å²) in [6.45, 7) is 0.890. The number of ether oxygens (including phenoxy) is 1. The molecule has 1 fully saturated rings. The lowest BCUT2D eigenvalue weighted by atomic mass is 9.95. The van der Waals surface area contributed by atoms with E-state index in [9.17, 15) is 13.5 Å². The van der Waals surface area contributed by atoms with E-state index in [1.165, 1.54) is 31.3 Å². The molecule has 1 aliphatic heterocycles. The Morgan fingerprint density at radius 2 is 1.90 bits per heavy atom. The van der Waals surface area contributed by atoms with Crippen LogP contribution in [0.3, 0.4) is 0 Å². The molecule has 1 saturated heterocycles. The Morgan fingerprint density at radius 3 is 2.43 bits per heavy atom. The topological polar surface area (TPSA) is 90.6 Å². The molecule has 0 radical (unpaired) electrons. The molecule has 0 bridgehead atoms. The number of aliphatic hydroxyl groups is 1. The van der Waals surface area contributed by atoms with Crippen molar-refractivity contribution in [2.45, 2.75) is 23.3 Å². The van der Waals surface area contributed by atoms with E-state index in [-0.39, 0.29) is 11.4 Å². The summed E-state index contributed by atoms with van der Waals surface area (Å²) in [6, 6.07) is 7.67. The molecule has 0 atom stereocenters. The van der Waals surface area contributed by atoms with Gasteiger partial charge in [0.1, 0.15) is 0 Å². The van der Waals surface area contributed by atoms with E-state index in [2.05, 4.69) is 0 Å². The molecule has 7 heteroatoms. The van der Waals surface area contributed by atoms with Gasteiger partial charge in [0.25, 0.3) is 0 Å². The van der Waals surface area contributed by atoms with Gasteiger partial charge < -0.3 is 9.84 Å². The molecule has 1 heterocycles. The standard InChI is InChI=1S/C14H18N2O4S/c1-16(11-14(17)6-8-20-9-7-14)21(18,19)13-4-2-12(10-15)3-5-13/h2-5,17H,6-9,11H2,1H3. The number of rotatable bonds is 4. The van der Waals surface area contributed by atoms with Crippen LogP contribution in [0.15, 0.2) is 29.2 Å². The summed E-state index contributed by atoms with van der Waals surface area (Å²) in [5, 5.41) is 19.1. The number of benzene rings is 1. The van der Waals surface area contributed by atoms with Gasteiger partial charge in [-0.3, -0.25) is 0 Å². The number of likely N-dealkylation sites (N-methyl/N-ethyl adjacent to an activating group) is 1. The van der Waals surface area contributed by atoms with Gasteiger partial charge in [0.15, 0.2) is 0 Å². The smallest absolute Gasteiger partial charge is 0.242 e. The van der Waals surface area contributed by atoms with Gasteiger partial charge >= 0.3 is 0 Å². The minimum atomic E-state index is -3.68. The van der Waals surface area contributed by atoms with E-state index < -0.39 is 15.6 Å². The third kappa shape index (κ3) is 3.60. The van der Waals surface area contributed by atoms with E-state index >= 15 is 0 Å². The number of hydrogen-bond donors (Lipinski definition) is 1. The molecule has 1 aromatic carbocycles. The molecule has 6 nitrogen and oxygen atoms in total. The van der Waals surface area contributed by atoms with Crippen LogP contribution in [0.4, 0.5) is 0 Å². The first kappa shape index (κ1) is 15.9. The fraction of sp³-hybridized carbons (Fsp3) is 0.500. The summed E-state index contributed by atoms with van der Waals surface area (Å²) in [4.78, 5) is 0.111. The lowest BCUT2D eigenvalue weighted by molar-refractivity contribution is -0.0689. The first-order chi connectivity index (χ1) is 9.87. The second kappa shape index (κ2) is 6.12. The van der Waals surface area contributed by atoms with Gasteiger partial charge in [0, 0.05) is 39.6 Å². The van der Waals surface area contributed by atoms with Gasteiger partial charge in [0.05, 0.1) is 22.1 Å². The third-order valence-electron chi connectivity index (χ3n) is 3.63. The molecule has 114 valence electrons. The number of nitrogens with zero attached hydrogens (tertiary/aromatic N) is 2. The Labute approximate surface area is 124 Å². The molecule has 0 aromatic heterocycles. The van der Waals surface area contributed by atoms with Gasteiger partial charge in [-0.1, -0.05) is 0 Å². The molecule has 0 unspecified atom stereocenters. The van der Waals surface area contributed by atoms with Crippen molar-refractivity contribution in [1.82, 2.24) is 4.31 Å². The predicted octanol–water partition coefficient (Wildman–Crippen LogP) is 0.720. The molecular weight excluding hydrogens is 292 g/mol. The van der Waals surface area contributed by atoms with E-state index in [4.69, 9.17) is 10.00 Å². The van der Waals surface area contributed by atoms with E-state index in [0.29, 0.717) is 31.6 Å². The number of nitriles is 1. The van der Waals surface area contributed by atoms with Crippen LogP contribution >= 0.6 is 0 Å². The summed E-state index contributed by atoms with van der Waals surface area (Å²) in [7, 11) is -2.23. The average molecular weight is 310 g/mol. The van der Waals surface area contributed by atoms with Crippen LogP contribution in [0.25, 0.3) is 0 Å². The highest BCUT2D eigenvalue weighted by atomic mass is 32.2. The van der Waals surface area contributed by atoms with Crippen LogP contribution < -0.4 is 0 Å². The summed E-state index contributed by atoms with van der Waals surface area (Å²) in [6.07, 6.45) is 0.834. The van der Waals surface area contributed by atoms with Gasteiger partial charge in [-0.15, -0.1) is 0 Å². The van der Waals surface area contributed by atoms with Crippen molar-refractivity contribution in [1.29, 1.82) is 5.26 Å². The lowest BCUT2D eigenvalue weighted by Gasteiger charge is -2.35. The highest BCUT2D eigenvalue weighted by molar-refractivity contribution is 7.89. The minimum Gasteiger partial charge on any atom is -0.388 e. The van der Waals surface area contributed by atoms with Gasteiger partial charge in [0.2, 0.25) is 10.0 Å². The fourth-order valence-electron chi connectivity index (χ4n) is 2.29. The predicted molar refractivity (Wildman–Crippen MR) is 76.0 cm³/mol. The number of sulfonamides is 1. The zero-order chi connectivity index (χ0) is 15.5. The molecule has 21 heavy (non-hydrogen) atoms. The SMILES string of the molecule is CN(CC1(O)CCOCC1)S(=O)(=O)c1ccc(C#N)cc1. The summed E-state index contributed by atoms with van der Waals surface area (Å²) in [5.41, 5.74) is -0.646. The molecule has 0 amide bonds. The monoisotopic (exact) mass is 310 g/mol. The Bertz CT molecular complexity index is 628. The van der Waals surface area contributed by atoms with E-state index in [1.54, 1.807) is 0 Å². The maximum atomic E-state index is 12.4. The van der Waals surface area contributed by atoms with Crippen molar-refractivity contribution < 1.29 is 18.3 Å². The fourth-order valence-corrected chi connectivity index (χ4v) is 3.54. The highest BCUT2D eigenvalue weighted by Gasteiger charge is 2.34. The molecular formula is C14H18N2O4S. The summed E-state index contributed by atoms with van der Waals surface area (Å²) < 4.78 is 31.2. The summed E-state index contributed by atoms with van der Waals surface area (Å²) >= 11 is 0. The van der Waals surface area contributed by atoms with E-state index in [1.807, 2.05) is 6.07 Å². The molecule has 1 N–H and O–H groups in total. The van der Waals surface area contributed by atoms with Crippen molar-refractivity contribution in [2.24, 2.45) is 0 Å². The molecule has 0 spiro atoms. The van der Waals surface area contributed by atoms with Crippen LogP contribution in [0.2, 0.25) is 0 Å². The quantitative estimate of drug-likeness (QED) is 0.885. The Morgan fingerprint density at radius 1 is 1.33 bits per heavy atom. The largest absolute Gasteiger partial charge is 0.388 e. The Kier molecular flexibility index (Phi) is 4.64. The zero-order valence-corrected chi connectivity index (χ0v) is 12.6. The maximum absolute atomic E-state index is 12.4. The third-order valence-corrected chi connectivity index (χ3v) is 5.45. The Balaban J connectivity index is 2.16. The molecule has 0 saturated carbocycles. The second-order valence-corrected chi connectivity index (χ2v) is 7.28. The van der Waals surface area contributed by atoms with Crippen LogP contribution in [0, 0.1) is 11.3 Å². The van der Waals surface area contributed by atoms with Crippen LogP contribution in [-0.4, -0.2) is 50.2 Å². The van der Waals surface area contributed by atoms with Crippen LogP contribution in [-0.2, 0) is 14.8 Å². The normalized spacial score (nSPS) is 18.4. The first-order valence-electron chi connectivity index (χ1n) is 6.64. The van der Waals surface area contributed by atoms with Gasteiger partial charge in [-0.05, 0) is 24.3 Å². The van der Waals surface area contributed by atoms with Crippen molar-refractivity contribution in [3.05, 3.63) is 29.8 Å². The van der Waals surface area contributed by atoms with Crippen molar-refractivity contribution in [3.8, 4) is 6.07 Å². The van der Waals surface area contributed by atoms with Gasteiger partial charge in [-0.2, -0.15) is 9.57 Å². The van der Waals surface area contributed by atoms with E-state index in [0.717, 1.165) is 4.31 Å². The van der Waals surface area contributed by atoms with Gasteiger partial charge in [-0.25, -0.2) is 8.42 Å². The second-order valence-electron chi connectivity index (χ2n) is 5.23. The highest BCUT2D eigenvalue weighted by Crippen LogP contribution is 2.24. The lowest BCUT2D eigenvalue weighted by Crippen LogP contribution is -2.47. The van der Waals surface area contributed by atoms with Crippen molar-refractivity contribution in [2.75, 3.05) is 26.8 Å². The van der Waals surface area contributed by atoms with Crippen LogP contribution in [0.5, 0.6) is 0 Å². The average Bonchev–Trinajstić information content (AvgIpc) is 2.47. The number of hydrogen-bond acceptors (Lipinski definition) is 5. The molecule has 1 aromatic rings. The molecule has 1 aliphatic rings. The molecule has 0 aliphatic carbocycles. The Hall–Kier alpha value is -1.46. The summed E-state index contributed by atoms with van der Waals surface area (Å²) in [5.74, 6) is 0. The van der Waals surface area contributed by atoms with Crippen molar-refractivity contribution in [3.63, 3.8) is 0 Å².